The van der Waals surface area contributed by atoms with E-state index < -0.39 is 34.2 Å². The van der Waals surface area contributed by atoms with Crippen molar-refractivity contribution in [1.29, 1.82) is 0 Å². The first-order valence-corrected chi connectivity index (χ1v) is 11.0. The van der Waals surface area contributed by atoms with Gasteiger partial charge in [0.25, 0.3) is 23.4 Å². The molecule has 1 heterocycles. The summed E-state index contributed by atoms with van der Waals surface area (Å²) >= 11 is 0. The Labute approximate surface area is 210 Å². The predicted molar refractivity (Wildman–Crippen MR) is 134 cm³/mol. The van der Waals surface area contributed by atoms with Gasteiger partial charge in [-0.1, -0.05) is 42.0 Å². The van der Waals surface area contributed by atoms with Crippen molar-refractivity contribution in [3.05, 3.63) is 99.6 Å². The van der Waals surface area contributed by atoms with Crippen LogP contribution in [0.25, 0.3) is 6.08 Å². The fourth-order valence-corrected chi connectivity index (χ4v) is 3.50. The summed E-state index contributed by atoms with van der Waals surface area (Å²) in [5.74, 6) is -2.11. The average molecular weight is 500 g/mol. The molecule has 0 bridgehead atoms. The normalized spacial score (nSPS) is 14.4. The SMILES string of the molecule is Cc1ccc(NC(=O)COc2ccccc2/C=C2\C(=O)NC(=O)N(c3cccc([N+](=O)[O-])c3)C2=O)cc1. The van der Waals surface area contributed by atoms with Gasteiger partial charge in [-0.15, -0.1) is 0 Å². The standard InChI is InChI=1S/C26H20N4O7/c1-16-9-11-18(12-10-16)27-23(31)15-37-22-8-3-2-5-17(22)13-21-24(32)28-26(34)29(25(21)33)19-6-4-7-20(14-19)30(35)36/h2-14H,15H2,1H3,(H,27,31)(H,28,32,34)/b21-13+. The third kappa shape index (κ3) is 5.68. The molecule has 0 radical (unpaired) electrons. The zero-order valence-corrected chi connectivity index (χ0v) is 19.5. The number of nitrogens with one attached hydrogen (secondary N) is 2. The lowest BCUT2D eigenvalue weighted by Gasteiger charge is -2.26. The molecule has 1 saturated heterocycles. The van der Waals surface area contributed by atoms with Gasteiger partial charge in [-0.05, 0) is 37.3 Å². The molecule has 1 fully saturated rings. The number of nitrogens with zero attached hydrogens (tertiary/aromatic N) is 2. The monoisotopic (exact) mass is 500 g/mol. The third-order valence-corrected chi connectivity index (χ3v) is 5.31. The van der Waals surface area contributed by atoms with Crippen molar-refractivity contribution in [3.8, 4) is 5.75 Å². The number of rotatable bonds is 7. The van der Waals surface area contributed by atoms with Crippen LogP contribution in [0.1, 0.15) is 11.1 Å². The van der Waals surface area contributed by atoms with Crippen molar-refractivity contribution in [2.75, 3.05) is 16.8 Å². The molecule has 0 atom stereocenters. The fraction of sp³-hybridized carbons (Fsp3) is 0.0769. The van der Waals surface area contributed by atoms with E-state index in [1.54, 1.807) is 36.4 Å². The van der Waals surface area contributed by atoms with Crippen LogP contribution in [0, 0.1) is 17.0 Å². The van der Waals surface area contributed by atoms with Crippen LogP contribution < -0.4 is 20.3 Å². The topological polar surface area (TPSA) is 148 Å². The largest absolute Gasteiger partial charge is 0.483 e. The maximum Gasteiger partial charge on any atom is 0.335 e. The average Bonchev–Trinajstić information content (AvgIpc) is 2.87. The predicted octanol–water partition coefficient (Wildman–Crippen LogP) is 3.59. The zero-order valence-electron chi connectivity index (χ0n) is 19.5. The van der Waals surface area contributed by atoms with Gasteiger partial charge in [-0.3, -0.25) is 29.8 Å². The van der Waals surface area contributed by atoms with Crippen LogP contribution in [0.3, 0.4) is 0 Å². The summed E-state index contributed by atoms with van der Waals surface area (Å²) in [6.45, 7) is 1.59. The Morgan fingerprint density at radius 3 is 2.51 bits per heavy atom. The molecule has 11 heteroatoms. The molecular formula is C26H20N4O7. The second-order valence-electron chi connectivity index (χ2n) is 7.98. The van der Waals surface area contributed by atoms with E-state index in [1.807, 2.05) is 19.1 Å². The first kappa shape index (κ1) is 24.8. The summed E-state index contributed by atoms with van der Waals surface area (Å²) in [6, 6.07) is 17.5. The maximum atomic E-state index is 13.1. The van der Waals surface area contributed by atoms with Gasteiger partial charge < -0.3 is 10.1 Å². The number of hydrogen-bond donors (Lipinski definition) is 2. The smallest absolute Gasteiger partial charge is 0.335 e. The molecule has 5 amide bonds. The van der Waals surface area contributed by atoms with Gasteiger partial charge in [0.05, 0.1) is 10.6 Å². The van der Waals surface area contributed by atoms with Crippen LogP contribution in [0.4, 0.5) is 21.9 Å². The van der Waals surface area contributed by atoms with Crippen molar-refractivity contribution >= 4 is 46.9 Å². The lowest BCUT2D eigenvalue weighted by atomic mass is 10.1. The van der Waals surface area contributed by atoms with Gasteiger partial charge in [0.2, 0.25) is 0 Å². The molecule has 0 aromatic heterocycles. The number of non-ortho nitro benzene ring substituents is 1. The number of para-hydroxylation sites is 1. The van der Waals surface area contributed by atoms with Gasteiger partial charge in [0.1, 0.15) is 11.3 Å². The van der Waals surface area contributed by atoms with E-state index in [0.29, 0.717) is 16.2 Å². The number of hydrogen-bond acceptors (Lipinski definition) is 7. The first-order chi connectivity index (χ1) is 17.7. The number of amides is 5. The van der Waals surface area contributed by atoms with E-state index >= 15 is 0 Å². The number of ether oxygens (including phenoxy) is 1. The molecule has 3 aromatic carbocycles. The molecule has 0 saturated carbocycles. The van der Waals surface area contributed by atoms with Gasteiger partial charge >= 0.3 is 6.03 Å². The van der Waals surface area contributed by atoms with Crippen LogP contribution in [0.15, 0.2) is 78.4 Å². The van der Waals surface area contributed by atoms with Crippen LogP contribution >= 0.6 is 0 Å². The maximum absolute atomic E-state index is 13.1. The molecule has 1 aliphatic heterocycles. The van der Waals surface area contributed by atoms with Crippen molar-refractivity contribution in [1.82, 2.24) is 5.32 Å². The van der Waals surface area contributed by atoms with Gasteiger partial charge in [0.15, 0.2) is 6.61 Å². The number of carbonyl (C=O) groups excluding carboxylic acids is 4. The molecule has 4 rings (SSSR count). The highest BCUT2D eigenvalue weighted by atomic mass is 16.6. The van der Waals surface area contributed by atoms with Crippen LogP contribution in [-0.4, -0.2) is 35.3 Å². The summed E-state index contributed by atoms with van der Waals surface area (Å²) < 4.78 is 5.63. The number of nitro benzene ring substituents is 1. The molecular weight excluding hydrogens is 480 g/mol. The molecule has 2 N–H and O–H groups in total. The van der Waals surface area contributed by atoms with E-state index in [-0.39, 0.29) is 23.7 Å². The van der Waals surface area contributed by atoms with E-state index in [9.17, 15) is 29.3 Å². The van der Waals surface area contributed by atoms with Crippen molar-refractivity contribution in [2.24, 2.45) is 0 Å². The molecule has 0 aliphatic carbocycles. The number of aryl methyl sites for hydroxylation is 1. The summed E-state index contributed by atoms with van der Waals surface area (Å²) in [4.78, 5) is 61.5. The summed E-state index contributed by atoms with van der Waals surface area (Å²) in [5, 5.41) is 15.9. The van der Waals surface area contributed by atoms with E-state index in [2.05, 4.69) is 10.6 Å². The summed E-state index contributed by atoms with van der Waals surface area (Å²) in [7, 11) is 0. The number of barbiturate groups is 1. The fourth-order valence-electron chi connectivity index (χ4n) is 3.50. The minimum Gasteiger partial charge on any atom is -0.483 e. The number of benzene rings is 3. The number of nitro groups is 1. The molecule has 0 spiro atoms. The Kier molecular flexibility index (Phi) is 7.05. The first-order valence-electron chi connectivity index (χ1n) is 11.0. The number of urea groups is 1. The zero-order chi connectivity index (χ0) is 26.5. The number of carbonyl (C=O) groups is 4. The second kappa shape index (κ2) is 10.5. The lowest BCUT2D eigenvalue weighted by molar-refractivity contribution is -0.384. The van der Waals surface area contributed by atoms with E-state index in [0.717, 1.165) is 11.6 Å². The Morgan fingerprint density at radius 1 is 1.05 bits per heavy atom. The van der Waals surface area contributed by atoms with Crippen molar-refractivity contribution < 1.29 is 28.8 Å². The van der Waals surface area contributed by atoms with Crippen LogP contribution in [0.5, 0.6) is 5.75 Å². The summed E-state index contributed by atoms with van der Waals surface area (Å²) in [6.07, 6.45) is 1.22. The summed E-state index contributed by atoms with van der Waals surface area (Å²) in [5.41, 5.74) is 1.15. The minimum absolute atomic E-state index is 0.0765. The Morgan fingerprint density at radius 2 is 1.78 bits per heavy atom. The Balaban J connectivity index is 1.56. The third-order valence-electron chi connectivity index (χ3n) is 5.31. The number of anilines is 2. The molecule has 37 heavy (non-hydrogen) atoms. The van der Waals surface area contributed by atoms with Gasteiger partial charge in [-0.2, -0.15) is 0 Å². The van der Waals surface area contributed by atoms with Crippen LogP contribution in [0.2, 0.25) is 0 Å². The number of imide groups is 2. The molecule has 0 unspecified atom stereocenters. The second-order valence-corrected chi connectivity index (χ2v) is 7.98. The van der Waals surface area contributed by atoms with Gasteiger partial charge in [-0.25, -0.2) is 9.69 Å². The Bertz CT molecular complexity index is 1450. The highest BCUT2D eigenvalue weighted by Gasteiger charge is 2.37. The van der Waals surface area contributed by atoms with Gasteiger partial charge in [0, 0.05) is 23.4 Å². The van der Waals surface area contributed by atoms with Crippen molar-refractivity contribution in [3.63, 3.8) is 0 Å². The van der Waals surface area contributed by atoms with Crippen LogP contribution in [-0.2, 0) is 14.4 Å². The molecule has 1 aliphatic rings. The van der Waals surface area contributed by atoms with Crippen molar-refractivity contribution in [2.45, 2.75) is 6.92 Å². The highest BCUT2D eigenvalue weighted by molar-refractivity contribution is 6.39. The van der Waals surface area contributed by atoms with E-state index in [4.69, 9.17) is 4.74 Å². The quantitative estimate of drug-likeness (QED) is 0.218. The lowest BCUT2D eigenvalue weighted by Crippen LogP contribution is -2.54. The molecule has 186 valence electrons. The minimum atomic E-state index is -1.04. The molecule has 11 nitrogen and oxygen atoms in total. The van der Waals surface area contributed by atoms with E-state index in [1.165, 1.54) is 24.3 Å². The highest BCUT2D eigenvalue weighted by Crippen LogP contribution is 2.27. The Hall–Kier alpha value is -5.32. The molecule has 3 aromatic rings.